The fraction of sp³-hybridized carbons (Fsp3) is 0.667. The summed E-state index contributed by atoms with van der Waals surface area (Å²) in [6.45, 7) is 9.22. The summed E-state index contributed by atoms with van der Waals surface area (Å²) in [5, 5.41) is 3.56. The molecule has 1 aromatic carbocycles. The van der Waals surface area contributed by atoms with Gasteiger partial charge in [0.05, 0.1) is 25.4 Å². The Kier molecular flexibility index (Phi) is 6.22. The molecule has 0 atom stereocenters. The molecule has 0 spiro atoms. The van der Waals surface area contributed by atoms with Gasteiger partial charge in [0, 0.05) is 6.04 Å². The Bertz CT molecular complexity index is 421. The molecule has 2 rings (SSSR count). The summed E-state index contributed by atoms with van der Waals surface area (Å²) in [6.07, 6.45) is 3.77. The number of nitrogens with one attached hydrogen (secondary N) is 1. The molecule has 118 valence electrons. The molecule has 0 unspecified atom stereocenters. The van der Waals surface area contributed by atoms with Gasteiger partial charge in [-0.05, 0) is 57.7 Å². The smallest absolute Gasteiger partial charge is 0.0720 e. The first-order valence-electron chi connectivity index (χ1n) is 8.06. The minimum atomic E-state index is -0.0876. The highest BCUT2D eigenvalue weighted by atomic mass is 16.5. The van der Waals surface area contributed by atoms with Crippen molar-refractivity contribution in [1.82, 2.24) is 5.32 Å². The fourth-order valence-corrected chi connectivity index (χ4v) is 2.23. The SMILES string of the molecule is CC(C)(C)OCCOCc1ccccc1CCNC1CC1. The molecule has 1 N–H and O–H groups in total. The van der Waals surface area contributed by atoms with E-state index in [0.717, 1.165) is 19.0 Å². The second kappa shape index (κ2) is 7.92. The summed E-state index contributed by atoms with van der Waals surface area (Å²) in [7, 11) is 0. The molecule has 21 heavy (non-hydrogen) atoms. The van der Waals surface area contributed by atoms with Crippen LogP contribution in [0.5, 0.6) is 0 Å². The highest BCUT2D eigenvalue weighted by Gasteiger charge is 2.19. The van der Waals surface area contributed by atoms with Crippen LogP contribution in [0, 0.1) is 0 Å². The van der Waals surface area contributed by atoms with Gasteiger partial charge in [-0.1, -0.05) is 24.3 Å². The van der Waals surface area contributed by atoms with Crippen molar-refractivity contribution in [2.24, 2.45) is 0 Å². The van der Waals surface area contributed by atoms with Gasteiger partial charge in [0.25, 0.3) is 0 Å². The lowest BCUT2D eigenvalue weighted by Gasteiger charge is -2.19. The summed E-state index contributed by atoms with van der Waals surface area (Å²) in [5.41, 5.74) is 2.60. The number of rotatable bonds is 9. The monoisotopic (exact) mass is 291 g/mol. The molecule has 1 aromatic rings. The van der Waals surface area contributed by atoms with Gasteiger partial charge in [0.15, 0.2) is 0 Å². The van der Waals surface area contributed by atoms with Gasteiger partial charge < -0.3 is 14.8 Å². The summed E-state index contributed by atoms with van der Waals surface area (Å²) in [4.78, 5) is 0. The van der Waals surface area contributed by atoms with E-state index in [-0.39, 0.29) is 5.60 Å². The highest BCUT2D eigenvalue weighted by molar-refractivity contribution is 5.26. The quantitative estimate of drug-likeness (QED) is 0.708. The van der Waals surface area contributed by atoms with Crippen LogP contribution in [0.2, 0.25) is 0 Å². The van der Waals surface area contributed by atoms with Crippen molar-refractivity contribution in [3.05, 3.63) is 35.4 Å². The predicted molar refractivity (Wildman–Crippen MR) is 86.5 cm³/mol. The van der Waals surface area contributed by atoms with Crippen molar-refractivity contribution < 1.29 is 9.47 Å². The molecule has 0 saturated heterocycles. The van der Waals surface area contributed by atoms with Crippen molar-refractivity contribution in [1.29, 1.82) is 0 Å². The average Bonchev–Trinajstić information content (AvgIpc) is 3.23. The third-order valence-electron chi connectivity index (χ3n) is 3.54. The zero-order valence-corrected chi connectivity index (χ0v) is 13.7. The Morgan fingerprint density at radius 3 is 2.48 bits per heavy atom. The summed E-state index contributed by atoms with van der Waals surface area (Å²) < 4.78 is 11.4. The number of hydrogen-bond donors (Lipinski definition) is 1. The van der Waals surface area contributed by atoms with Gasteiger partial charge in [0.1, 0.15) is 0 Å². The molecule has 0 aromatic heterocycles. The molecule has 0 radical (unpaired) electrons. The van der Waals surface area contributed by atoms with E-state index in [1.165, 1.54) is 24.0 Å². The normalized spacial score (nSPS) is 15.4. The van der Waals surface area contributed by atoms with Crippen LogP contribution >= 0.6 is 0 Å². The van der Waals surface area contributed by atoms with E-state index in [4.69, 9.17) is 9.47 Å². The molecular weight excluding hydrogens is 262 g/mol. The Labute approximate surface area is 129 Å². The fourth-order valence-electron chi connectivity index (χ4n) is 2.23. The van der Waals surface area contributed by atoms with Crippen LogP contribution in [0.15, 0.2) is 24.3 Å². The van der Waals surface area contributed by atoms with Crippen molar-refractivity contribution in [2.45, 2.75) is 58.3 Å². The van der Waals surface area contributed by atoms with Gasteiger partial charge >= 0.3 is 0 Å². The van der Waals surface area contributed by atoms with E-state index < -0.39 is 0 Å². The van der Waals surface area contributed by atoms with Crippen molar-refractivity contribution >= 4 is 0 Å². The summed E-state index contributed by atoms with van der Waals surface area (Å²) in [5.74, 6) is 0. The van der Waals surface area contributed by atoms with E-state index in [2.05, 4.69) is 50.4 Å². The molecule has 1 aliphatic rings. The molecule has 1 aliphatic carbocycles. The number of ether oxygens (including phenoxy) is 2. The van der Waals surface area contributed by atoms with Crippen LogP contribution in [-0.2, 0) is 22.5 Å². The summed E-state index contributed by atoms with van der Waals surface area (Å²) >= 11 is 0. The Morgan fingerprint density at radius 2 is 1.81 bits per heavy atom. The second-order valence-electron chi connectivity index (χ2n) is 6.76. The van der Waals surface area contributed by atoms with Crippen molar-refractivity contribution in [3.63, 3.8) is 0 Å². The zero-order valence-electron chi connectivity index (χ0n) is 13.7. The van der Waals surface area contributed by atoms with Crippen LogP contribution in [0.25, 0.3) is 0 Å². The van der Waals surface area contributed by atoms with Crippen LogP contribution in [0.1, 0.15) is 44.7 Å². The molecule has 3 heteroatoms. The van der Waals surface area contributed by atoms with Gasteiger partial charge in [0.2, 0.25) is 0 Å². The number of hydrogen-bond acceptors (Lipinski definition) is 3. The highest BCUT2D eigenvalue weighted by Crippen LogP contribution is 2.18. The molecule has 0 bridgehead atoms. The van der Waals surface area contributed by atoms with Crippen LogP contribution in [0.4, 0.5) is 0 Å². The maximum Gasteiger partial charge on any atom is 0.0720 e. The summed E-state index contributed by atoms with van der Waals surface area (Å²) in [6, 6.07) is 9.35. The maximum absolute atomic E-state index is 5.75. The minimum absolute atomic E-state index is 0.0876. The molecule has 0 amide bonds. The van der Waals surface area contributed by atoms with Gasteiger partial charge in [-0.3, -0.25) is 0 Å². The van der Waals surface area contributed by atoms with E-state index in [0.29, 0.717) is 19.8 Å². The largest absolute Gasteiger partial charge is 0.374 e. The van der Waals surface area contributed by atoms with Gasteiger partial charge in [-0.15, -0.1) is 0 Å². The third kappa shape index (κ3) is 7.07. The standard InChI is InChI=1S/C18H29NO2/c1-18(2,3)21-13-12-20-14-16-7-5-4-6-15(16)10-11-19-17-8-9-17/h4-7,17,19H,8-14H2,1-3H3. The molecule has 1 fully saturated rings. The van der Waals surface area contributed by atoms with E-state index in [1.807, 2.05) is 0 Å². The average molecular weight is 291 g/mol. The van der Waals surface area contributed by atoms with Crippen LogP contribution < -0.4 is 5.32 Å². The van der Waals surface area contributed by atoms with Crippen LogP contribution in [-0.4, -0.2) is 31.4 Å². The second-order valence-corrected chi connectivity index (χ2v) is 6.76. The van der Waals surface area contributed by atoms with Crippen LogP contribution in [0.3, 0.4) is 0 Å². The Hall–Kier alpha value is -0.900. The topological polar surface area (TPSA) is 30.5 Å². The molecule has 0 heterocycles. The third-order valence-corrected chi connectivity index (χ3v) is 3.54. The molecular formula is C18H29NO2. The number of benzene rings is 1. The van der Waals surface area contributed by atoms with Crippen molar-refractivity contribution in [2.75, 3.05) is 19.8 Å². The molecule has 0 aliphatic heterocycles. The first kappa shape index (κ1) is 16.5. The molecule has 3 nitrogen and oxygen atoms in total. The Balaban J connectivity index is 1.68. The maximum atomic E-state index is 5.75. The molecule has 1 saturated carbocycles. The zero-order chi connectivity index (χ0) is 15.1. The van der Waals surface area contributed by atoms with E-state index in [1.54, 1.807) is 0 Å². The first-order chi connectivity index (χ1) is 10.0. The lowest BCUT2D eigenvalue weighted by Crippen LogP contribution is -2.22. The van der Waals surface area contributed by atoms with Gasteiger partial charge in [-0.2, -0.15) is 0 Å². The van der Waals surface area contributed by atoms with E-state index >= 15 is 0 Å². The van der Waals surface area contributed by atoms with E-state index in [9.17, 15) is 0 Å². The first-order valence-corrected chi connectivity index (χ1v) is 8.06. The predicted octanol–water partition coefficient (Wildman–Crippen LogP) is 3.31. The minimum Gasteiger partial charge on any atom is -0.374 e. The van der Waals surface area contributed by atoms with Gasteiger partial charge in [-0.25, -0.2) is 0 Å². The van der Waals surface area contributed by atoms with Crippen molar-refractivity contribution in [3.8, 4) is 0 Å². The Morgan fingerprint density at radius 1 is 1.10 bits per heavy atom. The lowest BCUT2D eigenvalue weighted by atomic mass is 10.1. The lowest BCUT2D eigenvalue weighted by molar-refractivity contribution is -0.0377.